The molecule has 2 N–H and O–H groups in total. The van der Waals surface area contributed by atoms with Crippen molar-refractivity contribution in [3.63, 3.8) is 0 Å². The molecule has 5 nitrogen and oxygen atoms in total. The Bertz CT molecular complexity index is 633. The highest BCUT2D eigenvalue weighted by molar-refractivity contribution is 7.89. The lowest BCUT2D eigenvalue weighted by atomic mass is 10.0. The Morgan fingerprint density at radius 3 is 2.60 bits per heavy atom. The smallest absolute Gasteiger partial charge is 0.245 e. The van der Waals surface area contributed by atoms with E-state index in [9.17, 15) is 8.42 Å². The van der Waals surface area contributed by atoms with Crippen molar-refractivity contribution in [3.8, 4) is 0 Å². The lowest BCUT2D eigenvalue weighted by Crippen LogP contribution is -2.31. The fourth-order valence-electron chi connectivity index (χ4n) is 3.31. The molecule has 1 saturated carbocycles. The molecule has 0 radical (unpaired) electrons. The summed E-state index contributed by atoms with van der Waals surface area (Å²) >= 11 is 4.91. The van der Waals surface area contributed by atoms with Crippen LogP contribution in [0.3, 0.4) is 0 Å². The molecule has 0 amide bonds. The van der Waals surface area contributed by atoms with Gasteiger partial charge in [-0.25, -0.2) is 8.42 Å². The number of hydrogen-bond donors (Lipinski definition) is 1. The Hall–Kier alpha value is -1.05. The van der Waals surface area contributed by atoms with Gasteiger partial charge in [0.15, 0.2) is 0 Å². The van der Waals surface area contributed by atoms with Crippen LogP contribution in [0.1, 0.15) is 25.0 Å². The van der Waals surface area contributed by atoms with E-state index in [4.69, 9.17) is 18.0 Å². The lowest BCUT2D eigenvalue weighted by molar-refractivity contribution is 0.445. The van der Waals surface area contributed by atoms with Crippen molar-refractivity contribution < 1.29 is 8.42 Å². The minimum atomic E-state index is -3.55. The molecule has 1 aromatic heterocycles. The first-order valence-corrected chi connectivity index (χ1v) is 8.60. The Labute approximate surface area is 124 Å². The number of thiocarbonyl (C=S) groups is 1. The maximum absolute atomic E-state index is 12.8. The van der Waals surface area contributed by atoms with E-state index in [0.717, 1.165) is 12.8 Å². The van der Waals surface area contributed by atoms with Gasteiger partial charge in [0.05, 0.1) is 0 Å². The summed E-state index contributed by atoms with van der Waals surface area (Å²) in [6.45, 7) is 1.22. The second-order valence-corrected chi connectivity index (χ2v) is 7.83. The Kier molecular flexibility index (Phi) is 3.51. The molecule has 20 heavy (non-hydrogen) atoms. The summed E-state index contributed by atoms with van der Waals surface area (Å²) in [6.07, 6.45) is 4.98. The Morgan fingerprint density at radius 1 is 1.35 bits per heavy atom. The first-order chi connectivity index (χ1) is 9.50. The van der Waals surface area contributed by atoms with Crippen molar-refractivity contribution in [1.29, 1.82) is 0 Å². The van der Waals surface area contributed by atoms with Gasteiger partial charge in [0, 0.05) is 19.3 Å². The number of aromatic nitrogens is 1. The van der Waals surface area contributed by atoms with E-state index in [1.54, 1.807) is 10.4 Å². The summed E-state index contributed by atoms with van der Waals surface area (Å²) in [5, 5.41) is 0. The highest BCUT2D eigenvalue weighted by Crippen LogP contribution is 2.39. The normalized spacial score (nSPS) is 26.6. The minimum Gasteiger partial charge on any atom is -0.388 e. The highest BCUT2D eigenvalue weighted by atomic mass is 32.2. The third kappa shape index (κ3) is 2.23. The summed E-state index contributed by atoms with van der Waals surface area (Å²) < 4.78 is 27.1. The second kappa shape index (κ2) is 5.05. The summed E-state index contributed by atoms with van der Waals surface area (Å²) in [4.78, 5) is 4.17. The van der Waals surface area contributed by atoms with Crippen LogP contribution in [0.2, 0.25) is 0 Å². The average molecular weight is 311 g/mol. The van der Waals surface area contributed by atoms with Gasteiger partial charge in [-0.3, -0.25) is 4.98 Å². The van der Waals surface area contributed by atoms with Crippen LogP contribution >= 0.6 is 12.2 Å². The standard InChI is InChI=1S/C13H17N3O2S2/c14-13(19)12-11(5-2-6-15-12)20(17,18)16-7-9-3-1-4-10(9)8-16/h2,5-6,9-10H,1,3-4,7-8H2,(H2,14,19). The summed E-state index contributed by atoms with van der Waals surface area (Å²) in [7, 11) is -3.55. The van der Waals surface area contributed by atoms with Crippen molar-refractivity contribution in [2.75, 3.05) is 13.1 Å². The van der Waals surface area contributed by atoms with Gasteiger partial charge in [-0.2, -0.15) is 4.31 Å². The monoisotopic (exact) mass is 311 g/mol. The van der Waals surface area contributed by atoms with Gasteiger partial charge >= 0.3 is 0 Å². The zero-order valence-corrected chi connectivity index (χ0v) is 12.7. The SMILES string of the molecule is NC(=S)c1ncccc1S(=O)(=O)N1CC2CCCC2C1. The van der Waals surface area contributed by atoms with Gasteiger partial charge in [0.2, 0.25) is 10.0 Å². The maximum Gasteiger partial charge on any atom is 0.245 e. The molecule has 1 aliphatic carbocycles. The molecule has 7 heteroatoms. The number of sulfonamides is 1. The molecule has 2 heterocycles. The van der Waals surface area contributed by atoms with Crippen LogP contribution in [0.25, 0.3) is 0 Å². The zero-order chi connectivity index (χ0) is 14.3. The molecule has 2 atom stereocenters. The van der Waals surface area contributed by atoms with E-state index in [1.165, 1.54) is 18.7 Å². The van der Waals surface area contributed by atoms with E-state index in [0.29, 0.717) is 24.9 Å². The summed E-state index contributed by atoms with van der Waals surface area (Å²) in [5.74, 6) is 1.02. The van der Waals surface area contributed by atoms with Crippen molar-refractivity contribution in [2.45, 2.75) is 24.2 Å². The quantitative estimate of drug-likeness (QED) is 0.847. The predicted octanol–water partition coefficient (Wildman–Crippen LogP) is 1.14. The fourth-order valence-corrected chi connectivity index (χ4v) is 5.25. The largest absolute Gasteiger partial charge is 0.388 e. The van der Waals surface area contributed by atoms with Crippen molar-refractivity contribution in [3.05, 3.63) is 24.0 Å². The average Bonchev–Trinajstić information content (AvgIpc) is 2.99. The molecule has 1 saturated heterocycles. The van der Waals surface area contributed by atoms with Gasteiger partial charge in [-0.1, -0.05) is 18.6 Å². The topological polar surface area (TPSA) is 76.3 Å². The van der Waals surface area contributed by atoms with Gasteiger partial charge < -0.3 is 5.73 Å². The third-order valence-electron chi connectivity index (χ3n) is 4.31. The molecule has 0 aromatic carbocycles. The minimum absolute atomic E-state index is 0.0172. The first-order valence-electron chi connectivity index (χ1n) is 6.75. The van der Waals surface area contributed by atoms with Crippen LogP contribution in [0.4, 0.5) is 0 Å². The van der Waals surface area contributed by atoms with Crippen molar-refractivity contribution in [2.24, 2.45) is 17.6 Å². The zero-order valence-electron chi connectivity index (χ0n) is 11.0. The number of hydrogen-bond acceptors (Lipinski definition) is 4. The number of fused-ring (bicyclic) bond motifs is 1. The first kappa shape index (κ1) is 13.9. The molecule has 3 rings (SSSR count). The van der Waals surface area contributed by atoms with E-state index < -0.39 is 10.0 Å². The molecule has 108 valence electrons. The Balaban J connectivity index is 1.95. The second-order valence-electron chi connectivity index (χ2n) is 5.49. The van der Waals surface area contributed by atoms with E-state index >= 15 is 0 Å². The summed E-state index contributed by atoms with van der Waals surface area (Å²) in [5.41, 5.74) is 5.78. The fraction of sp³-hybridized carbons (Fsp3) is 0.538. The molecule has 2 unspecified atom stereocenters. The van der Waals surface area contributed by atoms with Crippen LogP contribution in [0, 0.1) is 11.8 Å². The summed E-state index contributed by atoms with van der Waals surface area (Å²) in [6, 6.07) is 3.14. The van der Waals surface area contributed by atoms with Gasteiger partial charge in [0.25, 0.3) is 0 Å². The molecule has 0 bridgehead atoms. The lowest BCUT2D eigenvalue weighted by Gasteiger charge is -2.18. The molecular weight excluding hydrogens is 294 g/mol. The third-order valence-corrected chi connectivity index (χ3v) is 6.37. The van der Waals surface area contributed by atoms with Gasteiger partial charge in [-0.05, 0) is 36.8 Å². The van der Waals surface area contributed by atoms with Gasteiger partial charge in [0.1, 0.15) is 15.6 Å². The number of nitrogens with two attached hydrogens (primary N) is 1. The molecule has 2 fully saturated rings. The van der Waals surface area contributed by atoms with Crippen LogP contribution < -0.4 is 5.73 Å². The van der Waals surface area contributed by atoms with Crippen molar-refractivity contribution in [1.82, 2.24) is 9.29 Å². The van der Waals surface area contributed by atoms with E-state index in [1.807, 2.05) is 0 Å². The van der Waals surface area contributed by atoms with E-state index in [-0.39, 0.29) is 15.6 Å². The highest BCUT2D eigenvalue weighted by Gasteiger charge is 2.42. The molecule has 1 aliphatic heterocycles. The molecule has 2 aliphatic rings. The van der Waals surface area contributed by atoms with Crippen LogP contribution in [0.15, 0.2) is 23.2 Å². The molecule has 0 spiro atoms. The van der Waals surface area contributed by atoms with E-state index in [2.05, 4.69) is 4.98 Å². The van der Waals surface area contributed by atoms with Crippen molar-refractivity contribution >= 4 is 27.2 Å². The van der Waals surface area contributed by atoms with Crippen LogP contribution in [-0.2, 0) is 10.0 Å². The number of nitrogens with zero attached hydrogens (tertiary/aromatic N) is 2. The number of pyridine rings is 1. The molecule has 1 aromatic rings. The van der Waals surface area contributed by atoms with Gasteiger partial charge in [-0.15, -0.1) is 0 Å². The van der Waals surface area contributed by atoms with Crippen LogP contribution in [-0.4, -0.2) is 35.8 Å². The van der Waals surface area contributed by atoms with Crippen LogP contribution in [0.5, 0.6) is 0 Å². The predicted molar refractivity (Wildman–Crippen MR) is 79.7 cm³/mol. The Morgan fingerprint density at radius 2 is 2.00 bits per heavy atom. The maximum atomic E-state index is 12.8. The molecular formula is C13H17N3O2S2. The number of rotatable bonds is 3.